The van der Waals surface area contributed by atoms with Gasteiger partial charge in [0.25, 0.3) is 0 Å². The molecule has 33 heavy (non-hydrogen) atoms. The highest BCUT2D eigenvalue weighted by atomic mass is 35.5. The molecule has 7 nitrogen and oxygen atoms in total. The highest BCUT2D eigenvalue weighted by Crippen LogP contribution is 2.27. The van der Waals surface area contributed by atoms with Crippen molar-refractivity contribution in [2.45, 2.75) is 36.5 Å². The molecule has 1 amide bonds. The maximum absolute atomic E-state index is 12.8. The zero-order valence-corrected chi connectivity index (χ0v) is 21.4. The van der Waals surface area contributed by atoms with E-state index in [9.17, 15) is 21.6 Å². The molecular weight excluding hydrogens is 507 g/mol. The van der Waals surface area contributed by atoms with Gasteiger partial charge in [0.15, 0.2) is 9.84 Å². The average molecular weight is 533 g/mol. The number of amides is 1. The Morgan fingerprint density at radius 2 is 1.67 bits per heavy atom. The molecule has 11 heteroatoms. The van der Waals surface area contributed by atoms with Crippen molar-refractivity contribution in [3.63, 3.8) is 0 Å². The minimum Gasteiger partial charge on any atom is -0.349 e. The number of sulfonamides is 1. The summed E-state index contributed by atoms with van der Waals surface area (Å²) >= 11 is 12.0. The third-order valence-corrected chi connectivity index (χ3v) is 9.28. The van der Waals surface area contributed by atoms with Crippen LogP contribution in [-0.2, 0) is 30.4 Å². The van der Waals surface area contributed by atoms with E-state index in [-0.39, 0.29) is 41.6 Å². The van der Waals surface area contributed by atoms with E-state index >= 15 is 0 Å². The fourth-order valence-electron chi connectivity index (χ4n) is 3.74. The van der Waals surface area contributed by atoms with Crippen LogP contribution in [0.25, 0.3) is 0 Å². The van der Waals surface area contributed by atoms with Crippen LogP contribution in [0.3, 0.4) is 0 Å². The van der Waals surface area contributed by atoms with Gasteiger partial charge in [0.05, 0.1) is 16.7 Å². The number of rotatable bonds is 7. The number of hydrogen-bond acceptors (Lipinski definition) is 5. The number of nitrogens with zero attached hydrogens (tertiary/aromatic N) is 1. The van der Waals surface area contributed by atoms with Crippen LogP contribution in [-0.4, -0.2) is 46.4 Å². The van der Waals surface area contributed by atoms with Gasteiger partial charge in [-0.05, 0) is 55.2 Å². The lowest BCUT2D eigenvalue weighted by molar-refractivity contribution is -0.126. The predicted octanol–water partition coefficient (Wildman–Crippen LogP) is 3.82. The largest absolute Gasteiger partial charge is 0.349 e. The minimum atomic E-state index is -3.58. The summed E-state index contributed by atoms with van der Waals surface area (Å²) in [4.78, 5) is 12.9. The standard InChI is InChI=1S/C22H26Cl2N2O5S2/c1-15(16-4-7-20(8-5-16)32(2,28)29)25-22(27)17-9-11-26(12-10-17)33(30,31)14-18-3-6-19(23)13-21(18)24/h3-8,13,15,17H,9-12,14H2,1-2H3,(H,25,27). The van der Waals surface area contributed by atoms with Gasteiger partial charge in [0.1, 0.15) is 0 Å². The van der Waals surface area contributed by atoms with Crippen LogP contribution in [0.1, 0.15) is 36.9 Å². The second kappa shape index (κ2) is 10.3. The van der Waals surface area contributed by atoms with Gasteiger partial charge in [0.2, 0.25) is 15.9 Å². The number of nitrogens with one attached hydrogen (secondary N) is 1. The summed E-state index contributed by atoms with van der Waals surface area (Å²) in [6.07, 6.45) is 1.97. The van der Waals surface area contributed by atoms with E-state index in [1.54, 1.807) is 24.3 Å². The van der Waals surface area contributed by atoms with Gasteiger partial charge in [-0.3, -0.25) is 4.79 Å². The minimum absolute atomic E-state index is 0.146. The summed E-state index contributed by atoms with van der Waals surface area (Å²) in [5.41, 5.74) is 1.27. The highest BCUT2D eigenvalue weighted by Gasteiger charge is 2.32. The Morgan fingerprint density at radius 1 is 1.06 bits per heavy atom. The van der Waals surface area contributed by atoms with Crippen LogP contribution < -0.4 is 5.32 Å². The lowest BCUT2D eigenvalue weighted by Crippen LogP contribution is -2.43. The summed E-state index contributed by atoms with van der Waals surface area (Å²) in [5, 5.41) is 3.69. The van der Waals surface area contributed by atoms with Crippen molar-refractivity contribution in [2.24, 2.45) is 5.92 Å². The van der Waals surface area contributed by atoms with Crippen LogP contribution in [0.4, 0.5) is 0 Å². The molecule has 2 aromatic rings. The molecule has 1 heterocycles. The topological polar surface area (TPSA) is 101 Å². The molecule has 1 fully saturated rings. The SMILES string of the molecule is CC(NC(=O)C1CCN(S(=O)(=O)Cc2ccc(Cl)cc2Cl)CC1)c1ccc(S(C)(=O)=O)cc1. The number of carbonyl (C=O) groups excluding carboxylic acids is 1. The molecule has 1 saturated heterocycles. The van der Waals surface area contributed by atoms with Crippen LogP contribution in [0.2, 0.25) is 10.0 Å². The zero-order valence-electron chi connectivity index (χ0n) is 18.3. The van der Waals surface area contributed by atoms with Gasteiger partial charge in [0, 0.05) is 35.3 Å². The third kappa shape index (κ3) is 6.70. The third-order valence-electron chi connectivity index (χ3n) is 5.74. The van der Waals surface area contributed by atoms with Gasteiger partial charge in [-0.1, -0.05) is 41.4 Å². The molecule has 0 aromatic heterocycles. The highest BCUT2D eigenvalue weighted by molar-refractivity contribution is 7.90. The van der Waals surface area contributed by atoms with E-state index < -0.39 is 19.9 Å². The molecule has 0 saturated carbocycles. The molecule has 3 rings (SSSR count). The number of carbonyl (C=O) groups is 1. The maximum Gasteiger partial charge on any atom is 0.223 e. The number of benzene rings is 2. The van der Waals surface area contributed by atoms with Gasteiger partial charge < -0.3 is 5.32 Å². The van der Waals surface area contributed by atoms with Gasteiger partial charge >= 0.3 is 0 Å². The molecule has 1 unspecified atom stereocenters. The lowest BCUT2D eigenvalue weighted by atomic mass is 9.96. The van der Waals surface area contributed by atoms with Crippen LogP contribution in [0.5, 0.6) is 0 Å². The van der Waals surface area contributed by atoms with E-state index in [2.05, 4.69) is 5.32 Å². The summed E-state index contributed by atoms with van der Waals surface area (Å²) in [7, 11) is -6.86. The zero-order chi connectivity index (χ0) is 24.4. The van der Waals surface area contributed by atoms with Crippen molar-refractivity contribution in [1.29, 1.82) is 0 Å². The number of sulfone groups is 1. The number of hydrogen-bond donors (Lipinski definition) is 1. The van der Waals surface area contributed by atoms with E-state index in [1.807, 2.05) is 6.92 Å². The molecule has 0 spiro atoms. The predicted molar refractivity (Wildman–Crippen MR) is 129 cm³/mol. The monoisotopic (exact) mass is 532 g/mol. The summed E-state index contributed by atoms with van der Waals surface area (Å²) < 4.78 is 50.2. The lowest BCUT2D eigenvalue weighted by Gasteiger charge is -2.31. The molecule has 180 valence electrons. The van der Waals surface area contributed by atoms with Crippen molar-refractivity contribution in [2.75, 3.05) is 19.3 Å². The van der Waals surface area contributed by atoms with Gasteiger partial charge in [-0.2, -0.15) is 0 Å². The van der Waals surface area contributed by atoms with Crippen molar-refractivity contribution < 1.29 is 21.6 Å². The smallest absolute Gasteiger partial charge is 0.223 e. The van der Waals surface area contributed by atoms with Crippen LogP contribution in [0.15, 0.2) is 47.4 Å². The van der Waals surface area contributed by atoms with Crippen molar-refractivity contribution in [3.05, 3.63) is 63.6 Å². The Morgan fingerprint density at radius 3 is 2.21 bits per heavy atom. The quantitative estimate of drug-likeness (QED) is 0.584. The number of piperidine rings is 1. The Kier molecular flexibility index (Phi) is 8.11. The molecule has 1 N–H and O–H groups in total. The Hall–Kier alpha value is -1.65. The first-order valence-electron chi connectivity index (χ1n) is 10.4. The van der Waals surface area contributed by atoms with Gasteiger partial charge in [-0.15, -0.1) is 0 Å². The first-order valence-corrected chi connectivity index (χ1v) is 14.6. The molecule has 0 radical (unpaired) electrons. The van der Waals surface area contributed by atoms with Crippen LogP contribution in [0, 0.1) is 5.92 Å². The second-order valence-corrected chi connectivity index (χ2v) is 13.1. The Labute approximate surface area is 205 Å². The summed E-state index contributed by atoms with van der Waals surface area (Å²) in [6.45, 7) is 2.33. The normalized spacial score (nSPS) is 17.0. The summed E-state index contributed by atoms with van der Waals surface area (Å²) in [5.74, 6) is -0.666. The molecule has 0 bridgehead atoms. The first-order chi connectivity index (χ1) is 15.4. The van der Waals surface area contributed by atoms with Crippen LogP contribution >= 0.6 is 23.2 Å². The Bertz CT molecular complexity index is 1220. The molecular formula is C22H26Cl2N2O5S2. The van der Waals surface area contributed by atoms with Crippen molar-refractivity contribution >= 4 is 49.0 Å². The molecule has 2 aromatic carbocycles. The second-order valence-electron chi connectivity index (χ2n) is 8.24. The molecule has 1 atom stereocenters. The van der Waals surface area contributed by atoms with E-state index in [0.717, 1.165) is 11.8 Å². The fourth-order valence-corrected chi connectivity index (χ4v) is 6.52. The average Bonchev–Trinajstić information content (AvgIpc) is 2.75. The van der Waals surface area contributed by atoms with E-state index in [1.165, 1.54) is 22.5 Å². The Balaban J connectivity index is 1.56. The van der Waals surface area contributed by atoms with E-state index in [4.69, 9.17) is 23.2 Å². The number of halogens is 2. The first kappa shape index (κ1) is 26.0. The van der Waals surface area contributed by atoms with Crippen molar-refractivity contribution in [3.8, 4) is 0 Å². The molecule has 0 aliphatic carbocycles. The fraction of sp³-hybridized carbons (Fsp3) is 0.409. The molecule has 1 aliphatic rings. The van der Waals surface area contributed by atoms with Crippen molar-refractivity contribution in [1.82, 2.24) is 9.62 Å². The van der Waals surface area contributed by atoms with Gasteiger partial charge in [-0.25, -0.2) is 21.1 Å². The summed E-state index contributed by atoms with van der Waals surface area (Å²) in [6, 6.07) is 10.8. The maximum atomic E-state index is 12.8. The van der Waals surface area contributed by atoms with E-state index in [0.29, 0.717) is 28.5 Å². The molecule has 1 aliphatic heterocycles.